The maximum atomic E-state index is 4.74. The van der Waals surface area contributed by atoms with Gasteiger partial charge in [-0.25, -0.2) is 4.98 Å². The molecule has 4 rings (SSSR count). The van der Waals surface area contributed by atoms with Gasteiger partial charge in [-0.15, -0.1) is 0 Å². The second-order valence-electron chi connectivity index (χ2n) is 6.59. The first-order chi connectivity index (χ1) is 9.72. The Hall–Kier alpha value is -1.39. The van der Waals surface area contributed by atoms with Crippen LogP contribution in [0.15, 0.2) is 24.5 Å². The largest absolute Gasteiger partial charge is 0.316 e. The molecule has 0 aromatic carbocycles. The number of nitrogens with one attached hydrogen (secondary N) is 1. The molecule has 4 heterocycles. The highest BCUT2D eigenvalue weighted by Gasteiger charge is 2.40. The van der Waals surface area contributed by atoms with Gasteiger partial charge in [0.25, 0.3) is 0 Å². The number of pyridine rings is 1. The number of aromatic nitrogens is 2. The van der Waals surface area contributed by atoms with E-state index >= 15 is 0 Å². The molecule has 1 N–H and O–H groups in total. The molecule has 4 heteroatoms. The van der Waals surface area contributed by atoms with Gasteiger partial charge < -0.3 is 9.72 Å². The molecule has 0 radical (unpaired) electrons. The molecule has 1 spiro atoms. The minimum atomic E-state index is 0.551. The van der Waals surface area contributed by atoms with E-state index in [2.05, 4.69) is 46.1 Å². The predicted octanol–water partition coefficient (Wildman–Crippen LogP) is 1.83. The Labute approximate surface area is 119 Å². The summed E-state index contributed by atoms with van der Waals surface area (Å²) in [5.74, 6) is 0. The monoisotopic (exact) mass is 270 g/mol. The molecule has 2 fully saturated rings. The summed E-state index contributed by atoms with van der Waals surface area (Å²) >= 11 is 0. The molecule has 2 aliphatic heterocycles. The van der Waals surface area contributed by atoms with Crippen molar-refractivity contribution in [3.63, 3.8) is 0 Å². The summed E-state index contributed by atoms with van der Waals surface area (Å²) in [4.78, 5) is 7.31. The molecule has 0 saturated carbocycles. The maximum absolute atomic E-state index is 4.74. The molecule has 0 bridgehead atoms. The minimum Gasteiger partial charge on any atom is -0.316 e. The van der Waals surface area contributed by atoms with Gasteiger partial charge in [-0.1, -0.05) is 6.07 Å². The van der Waals surface area contributed by atoms with E-state index in [1.807, 2.05) is 0 Å². The van der Waals surface area contributed by atoms with Crippen molar-refractivity contribution in [3.05, 3.63) is 35.8 Å². The van der Waals surface area contributed by atoms with Crippen molar-refractivity contribution in [3.8, 4) is 0 Å². The summed E-state index contributed by atoms with van der Waals surface area (Å²) in [5.41, 5.74) is 4.08. The number of likely N-dealkylation sites (tertiary alicyclic amines) is 1. The third-order valence-electron chi connectivity index (χ3n) is 4.88. The number of hydrogen-bond donors (Lipinski definition) is 1. The predicted molar refractivity (Wildman–Crippen MR) is 79.7 cm³/mol. The van der Waals surface area contributed by atoms with Gasteiger partial charge in [0.2, 0.25) is 0 Å². The summed E-state index contributed by atoms with van der Waals surface area (Å²) < 4.78 is 2.15. The van der Waals surface area contributed by atoms with E-state index in [1.165, 1.54) is 50.3 Å². The van der Waals surface area contributed by atoms with Crippen LogP contribution in [0.1, 0.15) is 24.1 Å². The lowest BCUT2D eigenvalue weighted by Gasteiger charge is -2.22. The lowest BCUT2D eigenvalue weighted by molar-refractivity contribution is 0.267. The van der Waals surface area contributed by atoms with E-state index in [-0.39, 0.29) is 0 Å². The zero-order valence-electron chi connectivity index (χ0n) is 12.1. The lowest BCUT2D eigenvalue weighted by atomic mass is 9.87. The van der Waals surface area contributed by atoms with Crippen LogP contribution in [-0.4, -0.2) is 40.5 Å². The lowest BCUT2D eigenvalue weighted by Crippen LogP contribution is -2.29. The van der Waals surface area contributed by atoms with Gasteiger partial charge in [-0.2, -0.15) is 0 Å². The fraction of sp³-hybridized carbons (Fsp3) is 0.562. The first-order valence-corrected chi connectivity index (χ1v) is 7.60. The summed E-state index contributed by atoms with van der Waals surface area (Å²) in [6, 6.07) is 4.23. The molecule has 2 aromatic rings. The number of hydrogen-bond acceptors (Lipinski definition) is 3. The third kappa shape index (κ3) is 2.13. The first-order valence-electron chi connectivity index (χ1n) is 7.60. The standard InChI is InChI=1S/C16H22N4/c1-13-2-3-15-18-14(10-20(15)8-13)9-19-7-5-16(12-19)4-6-17-11-16/h2-3,8,10,17H,4-7,9,11-12H2,1H3. The average Bonchev–Trinajstić information content (AvgIpc) is 3.12. The van der Waals surface area contributed by atoms with Gasteiger partial charge in [0, 0.05) is 32.0 Å². The Morgan fingerprint density at radius 3 is 3.10 bits per heavy atom. The topological polar surface area (TPSA) is 32.6 Å². The van der Waals surface area contributed by atoms with Crippen LogP contribution in [0.3, 0.4) is 0 Å². The normalized spacial score (nSPS) is 27.1. The SMILES string of the molecule is Cc1ccc2nc(CN3CCC4(CCNC4)C3)cn2c1. The van der Waals surface area contributed by atoms with Gasteiger partial charge in [-0.05, 0) is 49.9 Å². The minimum absolute atomic E-state index is 0.551. The van der Waals surface area contributed by atoms with Crippen LogP contribution < -0.4 is 5.32 Å². The van der Waals surface area contributed by atoms with Crippen LogP contribution in [0.5, 0.6) is 0 Å². The van der Waals surface area contributed by atoms with Crippen molar-refractivity contribution in [1.29, 1.82) is 0 Å². The van der Waals surface area contributed by atoms with E-state index in [0.717, 1.165) is 12.2 Å². The molecule has 2 saturated heterocycles. The third-order valence-corrected chi connectivity index (χ3v) is 4.88. The number of nitrogens with zero attached hydrogens (tertiary/aromatic N) is 3. The van der Waals surface area contributed by atoms with Crippen molar-refractivity contribution in [2.24, 2.45) is 5.41 Å². The summed E-state index contributed by atoms with van der Waals surface area (Å²) in [7, 11) is 0. The smallest absolute Gasteiger partial charge is 0.137 e. The Bertz CT molecular complexity index is 624. The van der Waals surface area contributed by atoms with E-state index in [1.54, 1.807) is 0 Å². The second-order valence-corrected chi connectivity index (χ2v) is 6.59. The van der Waals surface area contributed by atoms with E-state index in [9.17, 15) is 0 Å². The van der Waals surface area contributed by atoms with Crippen molar-refractivity contribution in [1.82, 2.24) is 19.6 Å². The molecule has 4 nitrogen and oxygen atoms in total. The second kappa shape index (κ2) is 4.57. The molecule has 106 valence electrons. The van der Waals surface area contributed by atoms with Gasteiger partial charge in [0.05, 0.1) is 5.69 Å². The Morgan fingerprint density at radius 2 is 2.25 bits per heavy atom. The molecule has 1 unspecified atom stereocenters. The zero-order valence-corrected chi connectivity index (χ0v) is 12.1. The summed E-state index contributed by atoms with van der Waals surface area (Å²) in [5, 5.41) is 3.52. The highest BCUT2D eigenvalue weighted by Crippen LogP contribution is 2.36. The quantitative estimate of drug-likeness (QED) is 0.903. The Kier molecular flexibility index (Phi) is 2.82. The van der Waals surface area contributed by atoms with Crippen LogP contribution in [0, 0.1) is 12.3 Å². The van der Waals surface area contributed by atoms with Crippen LogP contribution in [-0.2, 0) is 6.54 Å². The van der Waals surface area contributed by atoms with Gasteiger partial charge in [0.15, 0.2) is 0 Å². The van der Waals surface area contributed by atoms with E-state index in [0.29, 0.717) is 5.41 Å². The maximum Gasteiger partial charge on any atom is 0.137 e. The Morgan fingerprint density at radius 1 is 1.30 bits per heavy atom. The van der Waals surface area contributed by atoms with Gasteiger partial charge in [0.1, 0.15) is 5.65 Å². The number of imidazole rings is 1. The molecule has 2 aromatic heterocycles. The summed E-state index contributed by atoms with van der Waals surface area (Å²) in [6.07, 6.45) is 7.01. The molecule has 2 aliphatic rings. The number of rotatable bonds is 2. The van der Waals surface area contributed by atoms with Crippen molar-refractivity contribution < 1.29 is 0 Å². The number of fused-ring (bicyclic) bond motifs is 1. The fourth-order valence-electron chi connectivity index (χ4n) is 3.77. The average molecular weight is 270 g/mol. The molecule has 1 atom stereocenters. The Balaban J connectivity index is 1.50. The highest BCUT2D eigenvalue weighted by atomic mass is 15.2. The molecule has 20 heavy (non-hydrogen) atoms. The summed E-state index contributed by atoms with van der Waals surface area (Å²) in [6.45, 7) is 7.95. The van der Waals surface area contributed by atoms with Crippen LogP contribution in [0.25, 0.3) is 5.65 Å². The van der Waals surface area contributed by atoms with Crippen LogP contribution in [0.4, 0.5) is 0 Å². The van der Waals surface area contributed by atoms with Crippen LogP contribution >= 0.6 is 0 Å². The van der Waals surface area contributed by atoms with Crippen molar-refractivity contribution >= 4 is 5.65 Å². The number of aryl methyl sites for hydroxylation is 1. The van der Waals surface area contributed by atoms with Crippen molar-refractivity contribution in [2.75, 3.05) is 26.2 Å². The molecule has 0 amide bonds. The van der Waals surface area contributed by atoms with Gasteiger partial charge in [-0.3, -0.25) is 4.90 Å². The van der Waals surface area contributed by atoms with Gasteiger partial charge >= 0.3 is 0 Å². The zero-order chi connectivity index (χ0) is 13.6. The van der Waals surface area contributed by atoms with Crippen LogP contribution in [0.2, 0.25) is 0 Å². The molecule has 0 aliphatic carbocycles. The van der Waals surface area contributed by atoms with E-state index in [4.69, 9.17) is 4.98 Å². The molecular formula is C16H22N4. The molecular weight excluding hydrogens is 248 g/mol. The first kappa shape index (κ1) is 12.4. The van der Waals surface area contributed by atoms with E-state index < -0.39 is 0 Å². The van der Waals surface area contributed by atoms with Crippen molar-refractivity contribution in [2.45, 2.75) is 26.3 Å². The highest BCUT2D eigenvalue weighted by molar-refractivity contribution is 5.41. The fourth-order valence-corrected chi connectivity index (χ4v) is 3.77.